The van der Waals surface area contributed by atoms with Crippen LogP contribution in [0.25, 0.3) is 0 Å². The van der Waals surface area contributed by atoms with Crippen molar-refractivity contribution in [1.29, 1.82) is 0 Å². The van der Waals surface area contributed by atoms with E-state index in [1.807, 2.05) is 0 Å². The molecule has 6 heteroatoms. The summed E-state index contributed by atoms with van der Waals surface area (Å²) in [6.45, 7) is 3.87. The maximum atomic E-state index is 12.8. The van der Waals surface area contributed by atoms with Crippen LogP contribution in [0.1, 0.15) is 24.8 Å². The second-order valence-corrected chi connectivity index (χ2v) is 5.55. The van der Waals surface area contributed by atoms with E-state index in [1.54, 1.807) is 6.20 Å². The highest BCUT2D eigenvalue weighted by Crippen LogP contribution is 2.32. The first-order chi connectivity index (χ1) is 9.54. The molecule has 2 saturated heterocycles. The fourth-order valence-corrected chi connectivity index (χ4v) is 3.19. The molecule has 0 spiro atoms. The molecule has 2 bridgehead atoms. The predicted octanol–water partition coefficient (Wildman–Crippen LogP) is 2.77. The molecular formula is C14H18F3N3. The number of rotatable bonds is 1. The SMILES string of the molecule is FC(F)(F)c1cncc(N2CCN3CCCC2CC3)c1. The Hall–Kier alpha value is -1.30. The standard InChI is InChI=1S/C14H18F3N3/c15-14(16,17)11-8-13(10-18-9-11)20-7-6-19-4-1-2-12(20)3-5-19/h8-10,12H,1-7H2. The second-order valence-electron chi connectivity index (χ2n) is 5.55. The summed E-state index contributed by atoms with van der Waals surface area (Å²) >= 11 is 0. The first kappa shape index (κ1) is 13.7. The van der Waals surface area contributed by atoms with E-state index in [0.717, 1.165) is 51.6 Å². The maximum absolute atomic E-state index is 12.8. The van der Waals surface area contributed by atoms with Crippen molar-refractivity contribution in [3.05, 3.63) is 24.0 Å². The van der Waals surface area contributed by atoms with E-state index < -0.39 is 11.7 Å². The largest absolute Gasteiger partial charge is 0.417 e. The quantitative estimate of drug-likeness (QED) is 0.791. The molecule has 1 aromatic rings. The van der Waals surface area contributed by atoms with Gasteiger partial charge in [-0.15, -0.1) is 0 Å². The summed E-state index contributed by atoms with van der Waals surface area (Å²) < 4.78 is 38.4. The normalized spacial score (nSPS) is 27.2. The molecule has 0 radical (unpaired) electrons. The minimum Gasteiger partial charge on any atom is -0.366 e. The Morgan fingerprint density at radius 3 is 2.70 bits per heavy atom. The van der Waals surface area contributed by atoms with Crippen molar-refractivity contribution < 1.29 is 13.2 Å². The molecule has 1 aromatic heterocycles. The van der Waals surface area contributed by atoms with E-state index in [0.29, 0.717) is 11.7 Å². The van der Waals surface area contributed by atoms with Crippen molar-refractivity contribution in [1.82, 2.24) is 9.88 Å². The fourth-order valence-electron chi connectivity index (χ4n) is 3.19. The number of aromatic nitrogens is 1. The number of halogens is 3. The topological polar surface area (TPSA) is 19.4 Å². The number of hydrogen-bond donors (Lipinski definition) is 0. The van der Waals surface area contributed by atoms with Crippen molar-refractivity contribution in [2.45, 2.75) is 31.5 Å². The Kier molecular flexibility index (Phi) is 3.58. The van der Waals surface area contributed by atoms with Crippen molar-refractivity contribution in [3.63, 3.8) is 0 Å². The van der Waals surface area contributed by atoms with Crippen LogP contribution in [0.15, 0.2) is 18.5 Å². The maximum Gasteiger partial charge on any atom is 0.417 e. The van der Waals surface area contributed by atoms with Gasteiger partial charge in [0, 0.05) is 31.9 Å². The number of fused-ring (bicyclic) bond motifs is 3. The number of alkyl halides is 3. The summed E-state index contributed by atoms with van der Waals surface area (Å²) in [5.41, 5.74) is -0.0551. The molecule has 2 fully saturated rings. The lowest BCUT2D eigenvalue weighted by atomic mass is 10.1. The van der Waals surface area contributed by atoms with E-state index in [4.69, 9.17) is 0 Å². The van der Waals surface area contributed by atoms with Gasteiger partial charge in [-0.25, -0.2) is 0 Å². The summed E-state index contributed by atoms with van der Waals surface area (Å²) in [5.74, 6) is 0. The molecule has 2 aliphatic heterocycles. The Bertz CT molecular complexity index is 475. The van der Waals surface area contributed by atoms with Crippen LogP contribution in [0.4, 0.5) is 18.9 Å². The molecule has 0 aromatic carbocycles. The van der Waals surface area contributed by atoms with Crippen LogP contribution in [0.2, 0.25) is 0 Å². The van der Waals surface area contributed by atoms with Gasteiger partial charge in [0.05, 0.1) is 17.4 Å². The number of anilines is 1. The van der Waals surface area contributed by atoms with Gasteiger partial charge in [-0.1, -0.05) is 0 Å². The van der Waals surface area contributed by atoms with Crippen molar-refractivity contribution >= 4 is 5.69 Å². The van der Waals surface area contributed by atoms with E-state index >= 15 is 0 Å². The van der Waals surface area contributed by atoms with Crippen LogP contribution >= 0.6 is 0 Å². The minimum atomic E-state index is -4.33. The summed E-state index contributed by atoms with van der Waals surface area (Å²) in [6.07, 6.45) is 1.32. The van der Waals surface area contributed by atoms with Gasteiger partial charge in [-0.05, 0) is 31.9 Å². The third kappa shape index (κ3) is 2.75. The third-order valence-electron chi connectivity index (χ3n) is 4.27. The molecule has 0 N–H and O–H groups in total. The van der Waals surface area contributed by atoms with Crippen molar-refractivity contribution in [2.24, 2.45) is 0 Å². The zero-order valence-corrected chi connectivity index (χ0v) is 11.2. The van der Waals surface area contributed by atoms with E-state index in [1.165, 1.54) is 6.07 Å². The van der Waals surface area contributed by atoms with Crippen molar-refractivity contribution in [2.75, 3.05) is 31.1 Å². The van der Waals surface area contributed by atoms with Gasteiger partial charge < -0.3 is 9.80 Å². The molecule has 0 saturated carbocycles. The summed E-state index contributed by atoms with van der Waals surface area (Å²) in [4.78, 5) is 8.30. The van der Waals surface area contributed by atoms with Gasteiger partial charge >= 0.3 is 6.18 Å². The predicted molar refractivity (Wildman–Crippen MR) is 70.7 cm³/mol. The van der Waals surface area contributed by atoms with Gasteiger partial charge in [0.2, 0.25) is 0 Å². The Morgan fingerprint density at radius 1 is 1.05 bits per heavy atom. The highest BCUT2D eigenvalue weighted by Gasteiger charge is 2.33. The van der Waals surface area contributed by atoms with E-state index in [2.05, 4.69) is 14.8 Å². The first-order valence-electron chi connectivity index (χ1n) is 7.05. The smallest absolute Gasteiger partial charge is 0.366 e. The lowest BCUT2D eigenvalue weighted by Gasteiger charge is -2.33. The summed E-state index contributed by atoms with van der Waals surface area (Å²) in [6, 6.07) is 1.57. The number of nitrogens with zero attached hydrogens (tertiary/aromatic N) is 3. The molecule has 2 unspecified atom stereocenters. The zero-order valence-electron chi connectivity index (χ0n) is 11.2. The molecular weight excluding hydrogens is 267 g/mol. The second kappa shape index (κ2) is 5.24. The van der Waals surface area contributed by atoms with Gasteiger partial charge in [0.25, 0.3) is 0 Å². The minimum absolute atomic E-state index is 0.341. The Morgan fingerprint density at radius 2 is 1.90 bits per heavy atom. The third-order valence-corrected chi connectivity index (χ3v) is 4.27. The van der Waals surface area contributed by atoms with Gasteiger partial charge in [-0.2, -0.15) is 13.2 Å². The molecule has 2 aliphatic rings. The Balaban J connectivity index is 1.88. The first-order valence-corrected chi connectivity index (χ1v) is 7.05. The summed E-state index contributed by atoms with van der Waals surface area (Å²) in [5, 5.41) is 0. The van der Waals surface area contributed by atoms with Gasteiger partial charge in [-0.3, -0.25) is 4.98 Å². The average molecular weight is 285 g/mol. The van der Waals surface area contributed by atoms with Crippen LogP contribution in [-0.2, 0) is 6.18 Å². The summed E-state index contributed by atoms with van der Waals surface area (Å²) in [7, 11) is 0. The molecule has 0 aliphatic carbocycles. The highest BCUT2D eigenvalue weighted by atomic mass is 19.4. The molecule has 2 atom stereocenters. The lowest BCUT2D eigenvalue weighted by Crippen LogP contribution is -2.39. The lowest BCUT2D eigenvalue weighted by molar-refractivity contribution is -0.137. The fraction of sp³-hybridized carbons (Fsp3) is 0.643. The van der Waals surface area contributed by atoms with Crippen LogP contribution < -0.4 is 4.90 Å². The number of hydrogen-bond acceptors (Lipinski definition) is 3. The van der Waals surface area contributed by atoms with E-state index in [-0.39, 0.29) is 0 Å². The van der Waals surface area contributed by atoms with E-state index in [9.17, 15) is 13.2 Å². The monoisotopic (exact) mass is 285 g/mol. The number of pyridine rings is 1. The van der Waals surface area contributed by atoms with Gasteiger partial charge in [0.1, 0.15) is 0 Å². The van der Waals surface area contributed by atoms with Crippen LogP contribution in [-0.4, -0.2) is 42.1 Å². The molecule has 20 heavy (non-hydrogen) atoms. The highest BCUT2D eigenvalue weighted by molar-refractivity contribution is 5.48. The van der Waals surface area contributed by atoms with Crippen LogP contribution in [0.3, 0.4) is 0 Å². The molecule has 3 nitrogen and oxygen atoms in total. The zero-order chi connectivity index (χ0) is 14.2. The van der Waals surface area contributed by atoms with Gasteiger partial charge in [0.15, 0.2) is 0 Å². The van der Waals surface area contributed by atoms with Crippen molar-refractivity contribution in [3.8, 4) is 0 Å². The molecule has 110 valence electrons. The molecule has 0 amide bonds. The van der Waals surface area contributed by atoms with Crippen LogP contribution in [0, 0.1) is 0 Å². The molecule has 3 rings (SSSR count). The molecule has 3 heterocycles. The Labute approximate surface area is 116 Å². The van der Waals surface area contributed by atoms with Crippen LogP contribution in [0.5, 0.6) is 0 Å². The average Bonchev–Trinajstić information content (AvgIpc) is 2.73.